The minimum atomic E-state index is -0.213. The number of aromatic nitrogens is 1. The summed E-state index contributed by atoms with van der Waals surface area (Å²) in [6.07, 6.45) is 5.39. The number of hydrogen-bond acceptors (Lipinski definition) is 3. The molecule has 0 saturated carbocycles. The van der Waals surface area contributed by atoms with Crippen LogP contribution in [0.25, 0.3) is 10.2 Å². The van der Waals surface area contributed by atoms with Gasteiger partial charge in [0, 0.05) is 12.1 Å². The molecule has 0 N–H and O–H groups in total. The highest BCUT2D eigenvalue weighted by Crippen LogP contribution is 2.20. The van der Waals surface area contributed by atoms with Crippen LogP contribution in [0.15, 0.2) is 47.5 Å². The van der Waals surface area contributed by atoms with Crippen LogP contribution >= 0.6 is 11.3 Å². The Labute approximate surface area is 176 Å². The fourth-order valence-electron chi connectivity index (χ4n) is 3.25. The molecule has 1 aromatic heterocycles. The van der Waals surface area contributed by atoms with Crippen molar-refractivity contribution in [2.45, 2.75) is 59.4 Å². The van der Waals surface area contributed by atoms with Crippen molar-refractivity contribution in [1.82, 2.24) is 4.57 Å². The number of ether oxygens (including phenoxy) is 1. The minimum Gasteiger partial charge on any atom is -0.494 e. The lowest BCUT2D eigenvalue weighted by molar-refractivity contribution is 0.0998. The van der Waals surface area contributed by atoms with Crippen LogP contribution in [0.1, 0.15) is 62.4 Å². The Hall–Kier alpha value is -2.40. The molecule has 0 spiro atoms. The third-order valence-electron chi connectivity index (χ3n) is 4.92. The molecule has 0 bridgehead atoms. The summed E-state index contributed by atoms with van der Waals surface area (Å²) >= 11 is 1.59. The number of fused-ring (bicyclic) bond motifs is 1. The van der Waals surface area contributed by atoms with Crippen molar-refractivity contribution in [2.75, 3.05) is 6.61 Å². The van der Waals surface area contributed by atoms with Gasteiger partial charge in [0.15, 0.2) is 4.80 Å². The summed E-state index contributed by atoms with van der Waals surface area (Å²) in [5, 5.41) is 0. The number of aryl methyl sites for hydroxylation is 2. The van der Waals surface area contributed by atoms with Gasteiger partial charge in [-0.15, -0.1) is 0 Å². The lowest BCUT2D eigenvalue weighted by atomic mass is 10.2. The first-order valence-electron chi connectivity index (χ1n) is 10.6. The molecule has 0 aliphatic heterocycles. The van der Waals surface area contributed by atoms with E-state index in [4.69, 9.17) is 4.74 Å². The zero-order valence-corrected chi connectivity index (χ0v) is 18.4. The van der Waals surface area contributed by atoms with E-state index in [-0.39, 0.29) is 5.91 Å². The van der Waals surface area contributed by atoms with E-state index in [1.807, 2.05) is 12.1 Å². The number of carbonyl (C=O) groups is 1. The molecule has 2 aromatic carbocycles. The van der Waals surface area contributed by atoms with Crippen LogP contribution in [0, 0.1) is 0 Å². The molecule has 154 valence electrons. The average molecular weight is 411 g/mol. The van der Waals surface area contributed by atoms with Gasteiger partial charge in [0.05, 0.1) is 16.8 Å². The third-order valence-corrected chi connectivity index (χ3v) is 5.96. The number of hydrogen-bond donors (Lipinski definition) is 0. The second-order valence-corrected chi connectivity index (χ2v) is 8.20. The molecule has 1 heterocycles. The Kier molecular flexibility index (Phi) is 7.64. The Morgan fingerprint density at radius 1 is 1.03 bits per heavy atom. The summed E-state index contributed by atoms with van der Waals surface area (Å²) in [4.78, 5) is 18.0. The van der Waals surface area contributed by atoms with Crippen LogP contribution in [-0.2, 0) is 13.0 Å². The first kappa shape index (κ1) is 21.3. The second kappa shape index (κ2) is 10.4. The SMILES string of the molecule is CCCCCOc1ccc(C(=O)N=c2sc3cc(CC)ccc3n2CCC)cc1. The first-order chi connectivity index (χ1) is 14.2. The number of amides is 1. The highest BCUT2D eigenvalue weighted by Gasteiger charge is 2.10. The zero-order chi connectivity index (χ0) is 20.6. The summed E-state index contributed by atoms with van der Waals surface area (Å²) < 4.78 is 9.07. The van der Waals surface area contributed by atoms with Gasteiger partial charge in [-0.3, -0.25) is 4.79 Å². The van der Waals surface area contributed by atoms with Gasteiger partial charge in [0.1, 0.15) is 5.75 Å². The number of nitrogens with zero attached hydrogens (tertiary/aromatic N) is 2. The Morgan fingerprint density at radius 2 is 1.83 bits per heavy atom. The van der Waals surface area contributed by atoms with E-state index >= 15 is 0 Å². The first-order valence-corrected chi connectivity index (χ1v) is 11.4. The smallest absolute Gasteiger partial charge is 0.279 e. The van der Waals surface area contributed by atoms with E-state index < -0.39 is 0 Å². The number of unbranched alkanes of at least 4 members (excludes halogenated alkanes) is 2. The maximum Gasteiger partial charge on any atom is 0.279 e. The predicted octanol–water partition coefficient (Wildman–Crippen LogP) is 5.99. The van der Waals surface area contributed by atoms with E-state index in [1.54, 1.807) is 23.5 Å². The fourth-order valence-corrected chi connectivity index (χ4v) is 4.37. The summed E-state index contributed by atoms with van der Waals surface area (Å²) in [6.45, 7) is 8.03. The maximum absolute atomic E-state index is 12.8. The lowest BCUT2D eigenvalue weighted by Gasteiger charge is -2.06. The molecule has 0 aliphatic rings. The molecule has 0 aliphatic carbocycles. The van der Waals surface area contributed by atoms with Crippen LogP contribution in [0.3, 0.4) is 0 Å². The quantitative estimate of drug-likeness (QED) is 0.407. The molecule has 5 heteroatoms. The van der Waals surface area contributed by atoms with Crippen molar-refractivity contribution >= 4 is 27.5 Å². The van der Waals surface area contributed by atoms with Crippen molar-refractivity contribution in [3.8, 4) is 5.75 Å². The largest absolute Gasteiger partial charge is 0.494 e. The molecule has 4 nitrogen and oxygen atoms in total. The number of thiazole rings is 1. The van der Waals surface area contributed by atoms with Crippen molar-refractivity contribution < 1.29 is 9.53 Å². The summed E-state index contributed by atoms with van der Waals surface area (Å²) in [5.41, 5.74) is 3.03. The highest BCUT2D eigenvalue weighted by molar-refractivity contribution is 7.16. The second-order valence-electron chi connectivity index (χ2n) is 7.19. The number of carbonyl (C=O) groups excluding carboxylic acids is 1. The molecule has 29 heavy (non-hydrogen) atoms. The predicted molar refractivity (Wildman–Crippen MR) is 121 cm³/mol. The molecule has 0 atom stereocenters. The van der Waals surface area contributed by atoms with Gasteiger partial charge in [-0.2, -0.15) is 4.99 Å². The van der Waals surface area contributed by atoms with Gasteiger partial charge in [0.2, 0.25) is 0 Å². The number of benzene rings is 2. The van der Waals surface area contributed by atoms with Gasteiger partial charge in [0.25, 0.3) is 5.91 Å². The number of rotatable bonds is 9. The Balaban J connectivity index is 1.84. The topological polar surface area (TPSA) is 43.6 Å². The molecule has 1 amide bonds. The summed E-state index contributed by atoms with van der Waals surface area (Å²) in [5.74, 6) is 0.585. The van der Waals surface area contributed by atoms with Crippen LogP contribution in [0.4, 0.5) is 0 Å². The molecule has 3 rings (SSSR count). The van der Waals surface area contributed by atoms with E-state index in [0.717, 1.165) is 41.9 Å². The molecular formula is C24H30N2O2S. The Morgan fingerprint density at radius 3 is 2.52 bits per heavy atom. The van der Waals surface area contributed by atoms with Crippen LogP contribution in [0.5, 0.6) is 5.75 Å². The van der Waals surface area contributed by atoms with Crippen molar-refractivity contribution in [2.24, 2.45) is 4.99 Å². The van der Waals surface area contributed by atoms with Crippen LogP contribution in [-0.4, -0.2) is 17.1 Å². The Bertz CT molecular complexity index is 1020. The summed E-state index contributed by atoms with van der Waals surface area (Å²) in [7, 11) is 0. The van der Waals surface area contributed by atoms with Crippen LogP contribution in [0.2, 0.25) is 0 Å². The van der Waals surface area contributed by atoms with E-state index in [0.29, 0.717) is 12.2 Å². The van der Waals surface area contributed by atoms with E-state index in [2.05, 4.69) is 48.5 Å². The van der Waals surface area contributed by atoms with Gasteiger partial charge in [-0.25, -0.2) is 0 Å². The van der Waals surface area contributed by atoms with Gasteiger partial charge >= 0.3 is 0 Å². The van der Waals surface area contributed by atoms with Crippen molar-refractivity contribution in [1.29, 1.82) is 0 Å². The molecule has 0 radical (unpaired) electrons. The molecule has 0 fully saturated rings. The minimum absolute atomic E-state index is 0.213. The maximum atomic E-state index is 12.8. The lowest BCUT2D eigenvalue weighted by Crippen LogP contribution is -2.16. The monoisotopic (exact) mass is 410 g/mol. The molecule has 0 unspecified atom stereocenters. The standard InChI is InChI=1S/C24H30N2O2S/c1-4-7-8-16-28-20-12-10-19(11-13-20)23(27)25-24-26(15-5-2)21-14-9-18(6-3)17-22(21)29-24/h9-14,17H,4-8,15-16H2,1-3H3. The van der Waals surface area contributed by atoms with Crippen molar-refractivity contribution in [3.05, 3.63) is 58.4 Å². The molecule has 3 aromatic rings. The van der Waals surface area contributed by atoms with E-state index in [1.165, 1.54) is 23.1 Å². The normalized spacial score (nSPS) is 11.9. The highest BCUT2D eigenvalue weighted by atomic mass is 32.1. The summed E-state index contributed by atoms with van der Waals surface area (Å²) in [6, 6.07) is 13.8. The van der Waals surface area contributed by atoms with Crippen molar-refractivity contribution in [3.63, 3.8) is 0 Å². The third kappa shape index (κ3) is 5.36. The van der Waals surface area contributed by atoms with Gasteiger partial charge in [-0.1, -0.05) is 51.0 Å². The zero-order valence-electron chi connectivity index (χ0n) is 17.6. The molecule has 0 saturated heterocycles. The van der Waals surface area contributed by atoms with Gasteiger partial charge < -0.3 is 9.30 Å². The van der Waals surface area contributed by atoms with Gasteiger partial charge in [-0.05, 0) is 61.2 Å². The van der Waals surface area contributed by atoms with Crippen LogP contribution < -0.4 is 9.54 Å². The molecular weight excluding hydrogens is 380 g/mol. The fraction of sp³-hybridized carbons (Fsp3) is 0.417. The average Bonchev–Trinajstić information content (AvgIpc) is 3.08. The van der Waals surface area contributed by atoms with E-state index in [9.17, 15) is 4.79 Å².